The summed E-state index contributed by atoms with van der Waals surface area (Å²) in [5.41, 5.74) is 10.1. The summed E-state index contributed by atoms with van der Waals surface area (Å²) < 4.78 is 0. The molecular formula is C36H40N4. The standard InChI is InChI=1S/C36H40N4/c1-37-21-25-39(26-22-37)33-17-13-31(14-18-33)36(32-15-19-34(20-16-32)40-27-23-38(2)24-28-40)35(29-9-5-3-6-10-29)30-11-7-4-8-12-30/h3-20H,21-28H2,1-2H3. The highest BCUT2D eigenvalue weighted by molar-refractivity contribution is 6.04. The van der Waals surface area contributed by atoms with E-state index in [1.165, 1.54) is 44.8 Å². The number of rotatable bonds is 6. The third kappa shape index (κ3) is 5.84. The van der Waals surface area contributed by atoms with E-state index in [0.717, 1.165) is 52.4 Å². The van der Waals surface area contributed by atoms with Crippen molar-refractivity contribution in [3.05, 3.63) is 131 Å². The molecule has 0 aromatic heterocycles. The maximum atomic E-state index is 2.51. The van der Waals surface area contributed by atoms with E-state index in [9.17, 15) is 0 Å². The Kier molecular flexibility index (Phi) is 7.99. The summed E-state index contributed by atoms with van der Waals surface area (Å²) in [7, 11) is 4.42. The molecule has 0 N–H and O–H groups in total. The highest BCUT2D eigenvalue weighted by Crippen LogP contribution is 2.38. The molecule has 2 aliphatic heterocycles. The molecule has 4 nitrogen and oxygen atoms in total. The molecule has 0 saturated carbocycles. The van der Waals surface area contributed by atoms with Gasteiger partial charge in [-0.1, -0.05) is 84.9 Å². The molecule has 0 amide bonds. The average Bonchev–Trinajstić information content (AvgIpc) is 3.02. The summed E-state index contributed by atoms with van der Waals surface area (Å²) in [6.07, 6.45) is 0. The Morgan fingerprint density at radius 3 is 1.00 bits per heavy atom. The molecule has 4 aromatic carbocycles. The fraction of sp³-hybridized carbons (Fsp3) is 0.278. The Labute approximate surface area is 239 Å². The largest absolute Gasteiger partial charge is 0.369 e. The normalized spacial score (nSPS) is 16.6. The van der Waals surface area contributed by atoms with E-state index in [2.05, 4.69) is 143 Å². The Balaban J connectivity index is 1.45. The number of nitrogens with zero attached hydrogens (tertiary/aromatic N) is 4. The SMILES string of the molecule is CN1CCN(c2ccc(C(=C(c3ccccc3)c3ccccc3)c3ccc(N4CCN(C)CC4)cc3)cc2)CC1. The molecule has 4 heteroatoms. The van der Waals surface area contributed by atoms with Crippen molar-refractivity contribution in [1.29, 1.82) is 0 Å². The van der Waals surface area contributed by atoms with Gasteiger partial charge in [-0.3, -0.25) is 0 Å². The molecule has 0 aliphatic carbocycles. The molecule has 40 heavy (non-hydrogen) atoms. The third-order valence-electron chi connectivity index (χ3n) is 8.42. The Hall–Kier alpha value is -3.86. The van der Waals surface area contributed by atoms with Crippen LogP contribution in [0.3, 0.4) is 0 Å². The van der Waals surface area contributed by atoms with Crippen molar-refractivity contribution >= 4 is 22.5 Å². The van der Waals surface area contributed by atoms with Gasteiger partial charge in [-0.05, 0) is 71.8 Å². The van der Waals surface area contributed by atoms with E-state index in [4.69, 9.17) is 0 Å². The van der Waals surface area contributed by atoms with E-state index >= 15 is 0 Å². The lowest BCUT2D eigenvalue weighted by atomic mass is 9.85. The first-order valence-electron chi connectivity index (χ1n) is 14.6. The highest BCUT2D eigenvalue weighted by atomic mass is 15.3. The second-order valence-electron chi connectivity index (χ2n) is 11.2. The second-order valence-corrected chi connectivity index (χ2v) is 11.2. The van der Waals surface area contributed by atoms with Gasteiger partial charge in [0.05, 0.1) is 0 Å². The maximum Gasteiger partial charge on any atom is 0.0367 e. The number of anilines is 2. The fourth-order valence-corrected chi connectivity index (χ4v) is 5.93. The van der Waals surface area contributed by atoms with Gasteiger partial charge in [-0.25, -0.2) is 0 Å². The molecule has 0 bridgehead atoms. The van der Waals surface area contributed by atoms with Crippen LogP contribution in [0.5, 0.6) is 0 Å². The molecule has 0 unspecified atom stereocenters. The van der Waals surface area contributed by atoms with Crippen molar-refractivity contribution < 1.29 is 0 Å². The topological polar surface area (TPSA) is 13.0 Å². The minimum absolute atomic E-state index is 1.07. The summed E-state index contributed by atoms with van der Waals surface area (Å²) in [6.45, 7) is 8.74. The van der Waals surface area contributed by atoms with Crippen LogP contribution in [-0.4, -0.2) is 76.3 Å². The quantitative estimate of drug-likeness (QED) is 0.276. The van der Waals surface area contributed by atoms with Gasteiger partial charge in [0.1, 0.15) is 0 Å². The summed E-state index contributed by atoms with van der Waals surface area (Å²) in [4.78, 5) is 9.83. The minimum Gasteiger partial charge on any atom is -0.369 e. The first kappa shape index (κ1) is 26.4. The number of piperazine rings is 2. The molecule has 0 radical (unpaired) electrons. The molecule has 4 aromatic rings. The van der Waals surface area contributed by atoms with Gasteiger partial charge in [-0.15, -0.1) is 0 Å². The van der Waals surface area contributed by atoms with Gasteiger partial charge in [0.15, 0.2) is 0 Å². The fourth-order valence-electron chi connectivity index (χ4n) is 5.93. The lowest BCUT2D eigenvalue weighted by Crippen LogP contribution is -2.44. The van der Waals surface area contributed by atoms with Gasteiger partial charge in [0.25, 0.3) is 0 Å². The van der Waals surface area contributed by atoms with E-state index in [-0.39, 0.29) is 0 Å². The molecular weight excluding hydrogens is 488 g/mol. The van der Waals surface area contributed by atoms with Gasteiger partial charge in [-0.2, -0.15) is 0 Å². The minimum atomic E-state index is 1.07. The van der Waals surface area contributed by atoms with E-state index < -0.39 is 0 Å². The zero-order chi connectivity index (χ0) is 27.3. The molecule has 2 aliphatic rings. The monoisotopic (exact) mass is 528 g/mol. The van der Waals surface area contributed by atoms with Crippen LogP contribution in [0.4, 0.5) is 11.4 Å². The van der Waals surface area contributed by atoms with Crippen LogP contribution < -0.4 is 9.80 Å². The number of likely N-dealkylation sites (N-methyl/N-ethyl adjacent to an activating group) is 2. The Morgan fingerprint density at radius 2 is 0.675 bits per heavy atom. The van der Waals surface area contributed by atoms with Crippen LogP contribution in [0.1, 0.15) is 22.3 Å². The van der Waals surface area contributed by atoms with Gasteiger partial charge in [0, 0.05) is 63.7 Å². The Morgan fingerprint density at radius 1 is 0.375 bits per heavy atom. The van der Waals surface area contributed by atoms with Crippen LogP contribution >= 0.6 is 0 Å². The molecule has 6 rings (SSSR count). The van der Waals surface area contributed by atoms with Crippen molar-refractivity contribution in [3.8, 4) is 0 Å². The van der Waals surface area contributed by atoms with E-state index in [1.807, 2.05) is 0 Å². The molecule has 2 fully saturated rings. The summed E-state index contributed by atoms with van der Waals surface area (Å²) in [6, 6.07) is 40.2. The van der Waals surface area contributed by atoms with Crippen LogP contribution in [0.25, 0.3) is 11.1 Å². The van der Waals surface area contributed by atoms with E-state index in [1.54, 1.807) is 0 Å². The highest BCUT2D eigenvalue weighted by Gasteiger charge is 2.19. The van der Waals surface area contributed by atoms with Gasteiger partial charge in [0.2, 0.25) is 0 Å². The van der Waals surface area contributed by atoms with Gasteiger partial charge < -0.3 is 19.6 Å². The van der Waals surface area contributed by atoms with Crippen molar-refractivity contribution in [2.75, 3.05) is 76.3 Å². The summed E-state index contributed by atoms with van der Waals surface area (Å²) in [5, 5.41) is 0. The van der Waals surface area contributed by atoms with Gasteiger partial charge >= 0.3 is 0 Å². The zero-order valence-corrected chi connectivity index (χ0v) is 23.8. The predicted molar refractivity (Wildman–Crippen MR) is 170 cm³/mol. The van der Waals surface area contributed by atoms with Crippen molar-refractivity contribution in [3.63, 3.8) is 0 Å². The molecule has 2 heterocycles. The number of hydrogen-bond acceptors (Lipinski definition) is 4. The second kappa shape index (κ2) is 12.1. The zero-order valence-electron chi connectivity index (χ0n) is 23.8. The lowest BCUT2D eigenvalue weighted by molar-refractivity contribution is 0.313. The summed E-state index contributed by atoms with van der Waals surface area (Å²) in [5.74, 6) is 0. The molecule has 0 spiro atoms. The van der Waals surface area contributed by atoms with E-state index in [0.29, 0.717) is 0 Å². The number of hydrogen-bond donors (Lipinski definition) is 0. The smallest absolute Gasteiger partial charge is 0.0367 e. The molecule has 0 atom stereocenters. The Bertz CT molecular complexity index is 1290. The first-order valence-corrected chi connectivity index (χ1v) is 14.6. The number of benzene rings is 4. The average molecular weight is 529 g/mol. The first-order chi connectivity index (χ1) is 19.7. The van der Waals surface area contributed by atoms with Crippen LogP contribution in [0.2, 0.25) is 0 Å². The lowest BCUT2D eigenvalue weighted by Gasteiger charge is -2.34. The van der Waals surface area contributed by atoms with Crippen molar-refractivity contribution in [1.82, 2.24) is 9.80 Å². The van der Waals surface area contributed by atoms with Crippen molar-refractivity contribution in [2.45, 2.75) is 0 Å². The van der Waals surface area contributed by atoms with Crippen LogP contribution in [-0.2, 0) is 0 Å². The predicted octanol–water partition coefficient (Wildman–Crippen LogP) is 6.20. The maximum absolute atomic E-state index is 2.51. The van der Waals surface area contributed by atoms with Crippen LogP contribution in [0, 0.1) is 0 Å². The molecule has 204 valence electrons. The van der Waals surface area contributed by atoms with Crippen molar-refractivity contribution in [2.24, 2.45) is 0 Å². The third-order valence-corrected chi connectivity index (χ3v) is 8.42. The summed E-state index contributed by atoms with van der Waals surface area (Å²) >= 11 is 0. The van der Waals surface area contributed by atoms with Crippen LogP contribution in [0.15, 0.2) is 109 Å². The molecule has 2 saturated heterocycles.